The highest BCUT2D eigenvalue weighted by Crippen LogP contribution is 2.36. The van der Waals surface area contributed by atoms with Crippen LogP contribution in [0.2, 0.25) is 0 Å². The van der Waals surface area contributed by atoms with Crippen LogP contribution < -0.4 is 4.74 Å². The van der Waals surface area contributed by atoms with Crippen LogP contribution in [-0.4, -0.2) is 36.8 Å². The Bertz CT molecular complexity index is 771. The van der Waals surface area contributed by atoms with Crippen molar-refractivity contribution < 1.29 is 13.9 Å². The molecule has 0 radical (unpaired) electrons. The zero-order valence-corrected chi connectivity index (χ0v) is 16.3. The molecule has 1 fully saturated rings. The second-order valence-electron chi connectivity index (χ2n) is 5.81. The number of benzene rings is 2. The lowest BCUT2D eigenvalue weighted by Gasteiger charge is -2.21. The smallest absolute Gasteiger partial charge is 0.255 e. The molecule has 1 amide bonds. The molecular weight excluding hydrogens is 405 g/mol. The number of hydrogen-bond acceptors (Lipinski definition) is 3. The molecule has 2 aromatic rings. The minimum absolute atomic E-state index is 0.0273. The molecule has 1 unspecified atom stereocenters. The number of nitrogens with zero attached hydrogens (tertiary/aromatic N) is 1. The molecule has 0 aromatic heterocycles. The van der Waals surface area contributed by atoms with Gasteiger partial charge in [0, 0.05) is 34.1 Å². The van der Waals surface area contributed by atoms with Crippen molar-refractivity contribution in [2.75, 3.05) is 26.0 Å². The molecule has 3 rings (SSSR count). The lowest BCUT2D eigenvalue weighted by atomic mass is 10.1. The van der Waals surface area contributed by atoms with Crippen LogP contribution >= 0.6 is 27.7 Å². The summed E-state index contributed by atoms with van der Waals surface area (Å²) in [4.78, 5) is 14.7. The van der Waals surface area contributed by atoms with Crippen molar-refractivity contribution in [2.24, 2.45) is 0 Å². The third kappa shape index (κ3) is 4.18. The fourth-order valence-electron chi connectivity index (χ4n) is 2.92. The average molecular weight is 424 g/mol. The van der Waals surface area contributed by atoms with E-state index < -0.39 is 0 Å². The highest BCUT2D eigenvalue weighted by Gasteiger charge is 2.25. The maximum atomic E-state index is 14.0. The van der Waals surface area contributed by atoms with E-state index in [0.717, 1.165) is 22.2 Å². The second kappa shape index (κ2) is 8.23. The number of carbonyl (C=O) groups is 1. The van der Waals surface area contributed by atoms with Crippen molar-refractivity contribution >= 4 is 33.6 Å². The molecule has 1 aliphatic rings. The van der Waals surface area contributed by atoms with Crippen molar-refractivity contribution in [1.82, 2.24) is 4.90 Å². The molecule has 6 heteroatoms. The van der Waals surface area contributed by atoms with E-state index in [9.17, 15) is 9.18 Å². The van der Waals surface area contributed by atoms with Crippen molar-refractivity contribution in [3.8, 4) is 5.75 Å². The maximum Gasteiger partial charge on any atom is 0.255 e. The number of halogens is 2. The minimum Gasteiger partial charge on any atom is -0.497 e. The number of amides is 1. The fraction of sp³-hybridized carbons (Fsp3) is 0.316. The number of thioether (sulfide) groups is 1. The zero-order chi connectivity index (χ0) is 17.8. The third-order valence-electron chi connectivity index (χ3n) is 4.28. The molecule has 3 nitrogen and oxygen atoms in total. The van der Waals surface area contributed by atoms with Crippen molar-refractivity contribution in [2.45, 2.75) is 11.7 Å². The topological polar surface area (TPSA) is 29.5 Å². The van der Waals surface area contributed by atoms with E-state index in [0.29, 0.717) is 24.4 Å². The Labute approximate surface area is 159 Å². The fourth-order valence-corrected chi connectivity index (χ4v) is 4.59. The molecule has 0 spiro atoms. The minimum atomic E-state index is -0.171. The summed E-state index contributed by atoms with van der Waals surface area (Å²) in [6.07, 6.45) is 0.735. The molecule has 1 heterocycles. The summed E-state index contributed by atoms with van der Waals surface area (Å²) in [6, 6.07) is 12.3. The zero-order valence-electron chi connectivity index (χ0n) is 13.9. The first-order chi connectivity index (χ1) is 12.1. The summed E-state index contributed by atoms with van der Waals surface area (Å²) >= 11 is 5.16. The van der Waals surface area contributed by atoms with Gasteiger partial charge in [-0.2, -0.15) is 11.8 Å². The van der Waals surface area contributed by atoms with Gasteiger partial charge in [0.15, 0.2) is 0 Å². The Morgan fingerprint density at radius 1 is 1.28 bits per heavy atom. The number of methoxy groups -OCH3 is 1. The van der Waals surface area contributed by atoms with Crippen LogP contribution in [0.5, 0.6) is 5.75 Å². The van der Waals surface area contributed by atoms with Crippen LogP contribution in [-0.2, 0) is 0 Å². The summed E-state index contributed by atoms with van der Waals surface area (Å²) in [7, 11) is 1.58. The number of carbonyl (C=O) groups excluding carboxylic acids is 1. The lowest BCUT2D eigenvalue weighted by Crippen LogP contribution is -2.33. The van der Waals surface area contributed by atoms with E-state index in [1.54, 1.807) is 31.0 Å². The number of ether oxygens (including phenoxy) is 1. The van der Waals surface area contributed by atoms with Gasteiger partial charge in [-0.05, 0) is 46.6 Å². The molecule has 132 valence electrons. The quantitative estimate of drug-likeness (QED) is 0.701. The van der Waals surface area contributed by atoms with Crippen LogP contribution in [0.1, 0.15) is 27.6 Å². The van der Waals surface area contributed by atoms with E-state index in [1.807, 2.05) is 29.2 Å². The summed E-state index contributed by atoms with van der Waals surface area (Å²) < 4.78 is 20.0. The Kier molecular flexibility index (Phi) is 6.02. The Morgan fingerprint density at radius 2 is 2.08 bits per heavy atom. The van der Waals surface area contributed by atoms with E-state index >= 15 is 0 Å². The SMILES string of the molecule is COc1ccc(Br)c(C(=O)N2CCSC(c3ccccc3F)CC2)c1. The van der Waals surface area contributed by atoms with Crippen LogP contribution in [0.4, 0.5) is 4.39 Å². The standard InChI is InChI=1S/C19H19BrFNO2S/c1-24-13-6-7-16(20)15(12-13)19(23)22-9-8-18(25-11-10-22)14-4-2-3-5-17(14)21/h2-7,12,18H,8-11H2,1H3. The molecule has 0 bridgehead atoms. The maximum absolute atomic E-state index is 14.0. The first-order valence-corrected chi connectivity index (χ1v) is 9.93. The highest BCUT2D eigenvalue weighted by molar-refractivity contribution is 9.10. The molecule has 0 N–H and O–H groups in total. The molecule has 1 atom stereocenters. The van der Waals surface area contributed by atoms with Gasteiger partial charge in [0.1, 0.15) is 11.6 Å². The highest BCUT2D eigenvalue weighted by atomic mass is 79.9. The lowest BCUT2D eigenvalue weighted by molar-refractivity contribution is 0.0765. The van der Waals surface area contributed by atoms with Gasteiger partial charge in [-0.1, -0.05) is 18.2 Å². The van der Waals surface area contributed by atoms with E-state index in [4.69, 9.17) is 4.74 Å². The molecular formula is C19H19BrFNO2S. The van der Waals surface area contributed by atoms with Gasteiger partial charge in [-0.15, -0.1) is 0 Å². The van der Waals surface area contributed by atoms with Gasteiger partial charge in [-0.25, -0.2) is 4.39 Å². The van der Waals surface area contributed by atoms with E-state index in [-0.39, 0.29) is 17.0 Å². The summed E-state index contributed by atoms with van der Waals surface area (Å²) in [5.41, 5.74) is 1.32. The normalized spacial score (nSPS) is 17.9. The molecule has 2 aromatic carbocycles. The second-order valence-corrected chi connectivity index (χ2v) is 7.97. The monoisotopic (exact) mass is 423 g/mol. The van der Waals surface area contributed by atoms with Gasteiger partial charge < -0.3 is 9.64 Å². The predicted molar refractivity (Wildman–Crippen MR) is 103 cm³/mol. The van der Waals surface area contributed by atoms with Crippen LogP contribution in [0.3, 0.4) is 0 Å². The summed E-state index contributed by atoms with van der Waals surface area (Å²) in [5, 5.41) is 0.0766. The van der Waals surface area contributed by atoms with Gasteiger partial charge in [0.25, 0.3) is 5.91 Å². The Balaban J connectivity index is 1.75. The molecule has 0 aliphatic carbocycles. The third-order valence-corrected chi connectivity index (χ3v) is 6.29. The molecule has 1 saturated heterocycles. The molecule has 25 heavy (non-hydrogen) atoms. The van der Waals surface area contributed by atoms with Crippen molar-refractivity contribution in [3.05, 3.63) is 63.9 Å². The van der Waals surface area contributed by atoms with Gasteiger partial charge in [-0.3, -0.25) is 4.79 Å². The Morgan fingerprint density at radius 3 is 2.84 bits per heavy atom. The van der Waals surface area contributed by atoms with Crippen LogP contribution in [0, 0.1) is 5.82 Å². The van der Waals surface area contributed by atoms with Crippen LogP contribution in [0.25, 0.3) is 0 Å². The first-order valence-electron chi connectivity index (χ1n) is 8.09. The van der Waals surface area contributed by atoms with Gasteiger partial charge >= 0.3 is 0 Å². The molecule has 0 saturated carbocycles. The largest absolute Gasteiger partial charge is 0.497 e. The average Bonchev–Trinajstić information content (AvgIpc) is 2.88. The number of rotatable bonds is 3. The first kappa shape index (κ1) is 18.3. The van der Waals surface area contributed by atoms with E-state index in [1.165, 1.54) is 6.07 Å². The predicted octanol–water partition coefficient (Wildman–Crippen LogP) is 4.92. The van der Waals surface area contributed by atoms with Crippen LogP contribution in [0.15, 0.2) is 46.9 Å². The van der Waals surface area contributed by atoms with E-state index in [2.05, 4.69) is 15.9 Å². The molecule has 1 aliphatic heterocycles. The van der Waals surface area contributed by atoms with Crippen molar-refractivity contribution in [1.29, 1.82) is 0 Å². The summed E-state index contributed by atoms with van der Waals surface area (Å²) in [5.74, 6) is 1.24. The van der Waals surface area contributed by atoms with Gasteiger partial charge in [0.2, 0.25) is 0 Å². The summed E-state index contributed by atoms with van der Waals surface area (Å²) in [6.45, 7) is 1.26. The van der Waals surface area contributed by atoms with Crippen molar-refractivity contribution in [3.63, 3.8) is 0 Å². The van der Waals surface area contributed by atoms with Gasteiger partial charge in [0.05, 0.1) is 12.7 Å². The number of hydrogen-bond donors (Lipinski definition) is 0. The Hall–Kier alpha value is -1.53.